The summed E-state index contributed by atoms with van der Waals surface area (Å²) in [6.07, 6.45) is 7.61. The molecular formula is C21H30O5Si. The van der Waals surface area contributed by atoms with Crippen molar-refractivity contribution in [2.24, 2.45) is 0 Å². The van der Waals surface area contributed by atoms with Gasteiger partial charge in [-0.05, 0) is 45.7 Å². The Balaban J connectivity index is 2.17. The Morgan fingerprint density at radius 3 is 2.07 bits per heavy atom. The lowest BCUT2D eigenvalue weighted by atomic mass is 9.94. The van der Waals surface area contributed by atoms with E-state index in [1.165, 1.54) is 5.56 Å². The molecule has 1 atom stereocenters. The first kappa shape index (κ1) is 21.7. The average Bonchev–Trinajstić information content (AvgIpc) is 3.16. The summed E-state index contributed by atoms with van der Waals surface area (Å²) in [6.45, 7) is 10.4. The molecule has 2 rings (SSSR count). The summed E-state index contributed by atoms with van der Waals surface area (Å²) in [5, 5.41) is 0. The van der Waals surface area contributed by atoms with Gasteiger partial charge in [0.25, 0.3) is 0 Å². The summed E-state index contributed by atoms with van der Waals surface area (Å²) >= 11 is 0. The fourth-order valence-corrected chi connectivity index (χ4v) is 5.13. The van der Waals surface area contributed by atoms with Crippen LogP contribution in [0.2, 0.25) is 0 Å². The number of ketones is 1. The van der Waals surface area contributed by atoms with Crippen molar-refractivity contribution >= 4 is 14.8 Å². The van der Waals surface area contributed by atoms with Crippen molar-refractivity contribution in [1.29, 1.82) is 0 Å². The van der Waals surface area contributed by atoms with Crippen LogP contribution in [-0.4, -0.2) is 40.8 Å². The van der Waals surface area contributed by atoms with Gasteiger partial charge in [-0.15, -0.1) is 0 Å². The molecule has 1 aromatic carbocycles. The molecule has 0 fully saturated rings. The van der Waals surface area contributed by atoms with Gasteiger partial charge in [0.05, 0.1) is 0 Å². The Morgan fingerprint density at radius 2 is 1.59 bits per heavy atom. The van der Waals surface area contributed by atoms with Crippen molar-refractivity contribution in [2.75, 3.05) is 19.8 Å². The van der Waals surface area contributed by atoms with E-state index in [-0.39, 0.29) is 11.7 Å². The van der Waals surface area contributed by atoms with Gasteiger partial charge in [-0.1, -0.05) is 42.5 Å². The molecule has 27 heavy (non-hydrogen) atoms. The van der Waals surface area contributed by atoms with Crippen LogP contribution in [0.4, 0.5) is 0 Å². The maximum Gasteiger partial charge on any atom is 0.680 e. The molecule has 1 aliphatic rings. The van der Waals surface area contributed by atoms with Crippen molar-refractivity contribution in [3.8, 4) is 0 Å². The van der Waals surface area contributed by atoms with E-state index >= 15 is 0 Å². The zero-order chi connectivity index (χ0) is 19.9. The second kappa shape index (κ2) is 10.1. The maximum atomic E-state index is 13.0. The summed E-state index contributed by atoms with van der Waals surface area (Å²) in [5.74, 6) is 0.169. The molecule has 0 aromatic heterocycles. The van der Waals surface area contributed by atoms with Crippen LogP contribution >= 0.6 is 0 Å². The minimum absolute atomic E-state index is 0.104. The highest BCUT2D eigenvalue weighted by molar-refractivity contribution is 6.53. The number of allylic oxidation sites excluding steroid dienone is 4. The summed E-state index contributed by atoms with van der Waals surface area (Å²) in [6, 6.07) is 5.93. The number of hydrogen-bond acceptors (Lipinski definition) is 5. The molecule has 0 saturated carbocycles. The van der Waals surface area contributed by atoms with Gasteiger partial charge in [0.15, 0.2) is 5.78 Å². The molecule has 0 radical (unpaired) electrons. The fourth-order valence-electron chi connectivity index (χ4n) is 3.07. The number of carbonyl (C=O) groups excluding carboxylic acids is 1. The Morgan fingerprint density at radius 1 is 1.04 bits per heavy atom. The van der Waals surface area contributed by atoms with Crippen LogP contribution in [0, 0.1) is 6.92 Å². The highest BCUT2D eigenvalue weighted by atomic mass is 28.4. The lowest BCUT2D eigenvalue weighted by molar-refractivity contribution is -0.0409. The standard InChI is InChI=1S/C21H30O5Si/c1-6-23-27(24-7-2,25-8-3)26-17(5)21(22)20-14-13-19(15-16(20)4)18-11-9-10-12-18/h9-15,17-18H,6-8H2,1-5H3. The van der Waals surface area contributed by atoms with Gasteiger partial charge in [0.2, 0.25) is 0 Å². The van der Waals surface area contributed by atoms with E-state index in [2.05, 4.69) is 18.2 Å². The van der Waals surface area contributed by atoms with E-state index in [0.717, 1.165) is 5.56 Å². The lowest BCUT2D eigenvalue weighted by Gasteiger charge is -2.29. The topological polar surface area (TPSA) is 54.0 Å². The van der Waals surface area contributed by atoms with Crippen molar-refractivity contribution < 1.29 is 22.5 Å². The SMILES string of the molecule is CCO[Si](OCC)(OCC)OC(C)C(=O)c1ccc(C2C=CC=C2)cc1C. The Hall–Kier alpha value is -1.57. The fraction of sp³-hybridized carbons (Fsp3) is 0.476. The average molecular weight is 391 g/mol. The highest BCUT2D eigenvalue weighted by Crippen LogP contribution is 2.26. The van der Waals surface area contributed by atoms with Gasteiger partial charge >= 0.3 is 9.05 Å². The zero-order valence-electron chi connectivity index (χ0n) is 16.9. The molecule has 0 amide bonds. The minimum Gasteiger partial charge on any atom is -0.351 e. The van der Waals surface area contributed by atoms with Crippen LogP contribution < -0.4 is 0 Å². The third-order valence-corrected chi connectivity index (χ3v) is 6.87. The van der Waals surface area contributed by atoms with Crippen molar-refractivity contribution in [1.82, 2.24) is 0 Å². The van der Waals surface area contributed by atoms with Crippen LogP contribution in [0.3, 0.4) is 0 Å². The van der Waals surface area contributed by atoms with Crippen molar-refractivity contribution in [3.63, 3.8) is 0 Å². The smallest absolute Gasteiger partial charge is 0.351 e. The zero-order valence-corrected chi connectivity index (χ0v) is 17.9. The number of aryl methyl sites for hydroxylation is 1. The van der Waals surface area contributed by atoms with Crippen LogP contribution in [0.25, 0.3) is 0 Å². The Labute approximate surface area is 163 Å². The summed E-state index contributed by atoms with van der Waals surface area (Å²) in [4.78, 5) is 13.0. The molecule has 1 aromatic rings. The molecule has 0 saturated heterocycles. The number of Topliss-reactive ketones (excluding diaryl/α,β-unsaturated/α-hetero) is 1. The molecule has 148 valence electrons. The van der Waals surface area contributed by atoms with Gasteiger partial charge in [-0.2, -0.15) is 0 Å². The Kier molecular flexibility index (Phi) is 8.13. The predicted octanol–water partition coefficient (Wildman–Crippen LogP) is 4.34. The second-order valence-electron chi connectivity index (χ2n) is 6.29. The molecule has 0 heterocycles. The van der Waals surface area contributed by atoms with Crippen LogP contribution in [0.1, 0.15) is 55.1 Å². The molecule has 1 aliphatic carbocycles. The number of rotatable bonds is 11. The number of carbonyl (C=O) groups is 1. The highest BCUT2D eigenvalue weighted by Gasteiger charge is 2.47. The van der Waals surface area contributed by atoms with Gasteiger partial charge in [0, 0.05) is 31.3 Å². The van der Waals surface area contributed by atoms with Gasteiger partial charge in [-0.25, -0.2) is 0 Å². The van der Waals surface area contributed by atoms with Gasteiger partial charge in [0.1, 0.15) is 6.10 Å². The summed E-state index contributed by atoms with van der Waals surface area (Å²) in [7, 11) is -3.34. The Bertz CT molecular complexity index is 669. The summed E-state index contributed by atoms with van der Waals surface area (Å²) in [5.41, 5.74) is 2.74. The molecule has 5 nitrogen and oxygen atoms in total. The molecule has 0 aliphatic heterocycles. The molecule has 0 N–H and O–H groups in total. The normalized spacial score (nSPS) is 15.4. The minimum atomic E-state index is -3.34. The monoisotopic (exact) mass is 390 g/mol. The predicted molar refractivity (Wildman–Crippen MR) is 108 cm³/mol. The summed E-state index contributed by atoms with van der Waals surface area (Å²) < 4.78 is 23.0. The molecule has 0 spiro atoms. The molecule has 1 unspecified atom stereocenters. The molecule has 0 bridgehead atoms. The van der Waals surface area contributed by atoms with E-state index in [0.29, 0.717) is 25.4 Å². The van der Waals surface area contributed by atoms with Gasteiger partial charge < -0.3 is 17.7 Å². The van der Waals surface area contributed by atoms with E-state index in [1.54, 1.807) is 6.92 Å². The quantitative estimate of drug-likeness (QED) is 0.416. The van der Waals surface area contributed by atoms with E-state index in [1.807, 2.05) is 52.0 Å². The number of benzene rings is 1. The third-order valence-electron chi connectivity index (χ3n) is 4.30. The molecular weight excluding hydrogens is 360 g/mol. The first-order valence-electron chi connectivity index (χ1n) is 9.55. The van der Waals surface area contributed by atoms with Crippen molar-refractivity contribution in [2.45, 2.75) is 46.6 Å². The first-order chi connectivity index (χ1) is 13.0. The first-order valence-corrected chi connectivity index (χ1v) is 11.2. The lowest BCUT2D eigenvalue weighted by Crippen LogP contribution is -2.52. The number of hydrogen-bond donors (Lipinski definition) is 0. The second-order valence-corrected chi connectivity index (χ2v) is 8.40. The largest absolute Gasteiger partial charge is 0.680 e. The van der Waals surface area contributed by atoms with E-state index < -0.39 is 15.2 Å². The van der Waals surface area contributed by atoms with Crippen molar-refractivity contribution in [3.05, 3.63) is 59.2 Å². The van der Waals surface area contributed by atoms with Gasteiger partial charge in [-0.3, -0.25) is 4.79 Å². The van der Waals surface area contributed by atoms with Crippen LogP contribution in [0.15, 0.2) is 42.5 Å². The maximum absolute atomic E-state index is 13.0. The third kappa shape index (κ3) is 5.46. The molecule has 6 heteroatoms. The van der Waals surface area contributed by atoms with Crippen LogP contribution in [-0.2, 0) is 17.7 Å². The van der Waals surface area contributed by atoms with E-state index in [9.17, 15) is 4.79 Å². The van der Waals surface area contributed by atoms with E-state index in [4.69, 9.17) is 17.7 Å². The van der Waals surface area contributed by atoms with Crippen LogP contribution in [0.5, 0.6) is 0 Å².